The Bertz CT molecular complexity index is 456. The van der Waals surface area contributed by atoms with Crippen LogP contribution in [0.25, 0.3) is 0 Å². The summed E-state index contributed by atoms with van der Waals surface area (Å²) in [4.78, 5) is 1.96. The van der Waals surface area contributed by atoms with Gasteiger partial charge in [0.1, 0.15) is 5.82 Å². The summed E-state index contributed by atoms with van der Waals surface area (Å²) < 4.78 is 13.4. The van der Waals surface area contributed by atoms with Gasteiger partial charge in [-0.3, -0.25) is 0 Å². The van der Waals surface area contributed by atoms with Gasteiger partial charge in [-0.05, 0) is 56.2 Å². The first-order valence-electron chi connectivity index (χ1n) is 7.85. The zero-order valence-corrected chi connectivity index (χ0v) is 13.3. The molecule has 0 aliphatic heterocycles. The fraction of sp³-hybridized carbons (Fsp3) is 0.647. The molecule has 1 aliphatic carbocycles. The zero-order chi connectivity index (χ0) is 15.4. The maximum atomic E-state index is 13.4. The highest BCUT2D eigenvalue weighted by Crippen LogP contribution is 2.29. The van der Waals surface area contributed by atoms with Crippen LogP contribution in [0.2, 0.25) is 0 Å². The van der Waals surface area contributed by atoms with E-state index in [1.165, 1.54) is 6.07 Å². The number of hydrogen-bond donors (Lipinski definition) is 2. The van der Waals surface area contributed by atoms with Gasteiger partial charge in [0.05, 0.1) is 0 Å². The highest BCUT2D eigenvalue weighted by atomic mass is 19.1. The van der Waals surface area contributed by atoms with Crippen molar-refractivity contribution in [3.63, 3.8) is 0 Å². The molecule has 1 fully saturated rings. The third kappa shape index (κ3) is 4.17. The summed E-state index contributed by atoms with van der Waals surface area (Å²) in [5.74, 6) is 0.277. The second-order valence-electron chi connectivity index (χ2n) is 6.39. The smallest absolute Gasteiger partial charge is 0.125 e. The number of rotatable bonds is 5. The van der Waals surface area contributed by atoms with Crippen molar-refractivity contribution in [3.8, 4) is 0 Å². The summed E-state index contributed by atoms with van der Waals surface area (Å²) in [6.45, 7) is 2.45. The number of aliphatic hydroxyl groups is 1. The van der Waals surface area contributed by atoms with Crippen molar-refractivity contribution in [2.24, 2.45) is 5.92 Å². The molecule has 1 unspecified atom stereocenters. The Morgan fingerprint density at radius 1 is 1.29 bits per heavy atom. The van der Waals surface area contributed by atoms with E-state index in [0.29, 0.717) is 18.6 Å². The number of benzene rings is 1. The Kier molecular flexibility index (Phi) is 5.59. The molecule has 0 amide bonds. The molecular formula is C17H27FN2O. The zero-order valence-electron chi connectivity index (χ0n) is 13.3. The lowest BCUT2D eigenvalue weighted by Gasteiger charge is -2.31. The number of anilines is 1. The molecule has 118 valence electrons. The fourth-order valence-electron chi connectivity index (χ4n) is 3.23. The topological polar surface area (TPSA) is 35.5 Å². The molecular weight excluding hydrogens is 267 g/mol. The van der Waals surface area contributed by atoms with E-state index in [9.17, 15) is 9.50 Å². The van der Waals surface area contributed by atoms with Gasteiger partial charge in [-0.15, -0.1) is 0 Å². The minimum absolute atomic E-state index is 0.193. The van der Waals surface area contributed by atoms with E-state index in [-0.39, 0.29) is 11.9 Å². The highest BCUT2D eigenvalue weighted by molar-refractivity contribution is 5.54. The Morgan fingerprint density at radius 2 is 1.95 bits per heavy atom. The second kappa shape index (κ2) is 7.23. The lowest BCUT2D eigenvalue weighted by molar-refractivity contribution is 0.172. The first-order chi connectivity index (χ1) is 10.0. The van der Waals surface area contributed by atoms with Crippen LogP contribution in [0.4, 0.5) is 10.1 Å². The summed E-state index contributed by atoms with van der Waals surface area (Å²) in [6.07, 6.45) is 4.39. The Labute approximate surface area is 127 Å². The van der Waals surface area contributed by atoms with E-state index >= 15 is 0 Å². The summed E-state index contributed by atoms with van der Waals surface area (Å²) in [5.41, 5.74) is 2.06. The number of halogens is 1. The summed E-state index contributed by atoms with van der Waals surface area (Å²) in [5, 5.41) is 12.9. The van der Waals surface area contributed by atoms with Crippen molar-refractivity contribution in [1.82, 2.24) is 5.32 Å². The maximum absolute atomic E-state index is 13.4. The van der Waals surface area contributed by atoms with Crippen molar-refractivity contribution >= 4 is 5.69 Å². The van der Waals surface area contributed by atoms with Crippen molar-refractivity contribution in [2.45, 2.75) is 44.7 Å². The highest BCUT2D eigenvalue weighted by Gasteiger charge is 2.23. The van der Waals surface area contributed by atoms with Crippen molar-refractivity contribution in [2.75, 3.05) is 25.6 Å². The number of aliphatic hydroxyl groups excluding tert-OH is 1. The van der Waals surface area contributed by atoms with Gasteiger partial charge in [0.2, 0.25) is 0 Å². The standard InChI is InChI=1S/C17H27FN2O/c1-12(19-15-7-4-13(11-21)5-8-15)16-9-6-14(18)10-17(16)20(2)3/h6,9-10,12-13,15,19,21H,4-5,7-8,11H2,1-3H3. The summed E-state index contributed by atoms with van der Waals surface area (Å²) >= 11 is 0. The van der Waals surface area contributed by atoms with Crippen LogP contribution in [-0.2, 0) is 0 Å². The molecule has 1 aliphatic rings. The Hall–Kier alpha value is -1.13. The monoisotopic (exact) mass is 294 g/mol. The molecule has 0 radical (unpaired) electrons. The van der Waals surface area contributed by atoms with Crippen LogP contribution in [0, 0.1) is 11.7 Å². The third-order valence-corrected chi connectivity index (χ3v) is 4.53. The third-order valence-electron chi connectivity index (χ3n) is 4.53. The van der Waals surface area contributed by atoms with Crippen LogP contribution in [0.3, 0.4) is 0 Å². The van der Waals surface area contributed by atoms with Gasteiger partial charge in [0.15, 0.2) is 0 Å². The van der Waals surface area contributed by atoms with Gasteiger partial charge in [-0.25, -0.2) is 4.39 Å². The predicted octanol–water partition coefficient (Wildman–Crippen LogP) is 3.09. The molecule has 4 heteroatoms. The largest absolute Gasteiger partial charge is 0.396 e. The van der Waals surface area contributed by atoms with Crippen LogP contribution in [0.15, 0.2) is 18.2 Å². The van der Waals surface area contributed by atoms with E-state index < -0.39 is 0 Å². The molecule has 1 saturated carbocycles. The second-order valence-corrected chi connectivity index (χ2v) is 6.39. The van der Waals surface area contributed by atoms with E-state index in [2.05, 4.69) is 12.2 Å². The van der Waals surface area contributed by atoms with Gasteiger partial charge in [0, 0.05) is 38.5 Å². The van der Waals surface area contributed by atoms with Crippen LogP contribution < -0.4 is 10.2 Å². The van der Waals surface area contributed by atoms with Crippen LogP contribution in [0.1, 0.15) is 44.2 Å². The minimum Gasteiger partial charge on any atom is -0.396 e. The maximum Gasteiger partial charge on any atom is 0.125 e. The van der Waals surface area contributed by atoms with Gasteiger partial charge >= 0.3 is 0 Å². The first kappa shape index (κ1) is 16.2. The van der Waals surface area contributed by atoms with Crippen molar-refractivity contribution in [3.05, 3.63) is 29.6 Å². The van der Waals surface area contributed by atoms with E-state index in [4.69, 9.17) is 0 Å². The molecule has 3 nitrogen and oxygen atoms in total. The Morgan fingerprint density at radius 3 is 2.52 bits per heavy atom. The number of nitrogens with zero attached hydrogens (tertiary/aromatic N) is 1. The van der Waals surface area contributed by atoms with Gasteiger partial charge in [-0.1, -0.05) is 6.07 Å². The van der Waals surface area contributed by atoms with E-state index in [1.54, 1.807) is 6.07 Å². The molecule has 2 N–H and O–H groups in total. The molecule has 0 aromatic heterocycles. The fourth-order valence-corrected chi connectivity index (χ4v) is 3.23. The SMILES string of the molecule is CC(NC1CCC(CO)CC1)c1ccc(F)cc1N(C)C. The molecule has 1 atom stereocenters. The summed E-state index contributed by atoms with van der Waals surface area (Å²) in [7, 11) is 3.88. The first-order valence-corrected chi connectivity index (χ1v) is 7.85. The summed E-state index contributed by atoms with van der Waals surface area (Å²) in [6, 6.07) is 5.68. The molecule has 1 aromatic carbocycles. The van der Waals surface area contributed by atoms with E-state index in [1.807, 2.05) is 25.1 Å². The minimum atomic E-state index is -0.196. The lowest BCUT2D eigenvalue weighted by atomic mass is 9.86. The average Bonchev–Trinajstić information content (AvgIpc) is 2.47. The van der Waals surface area contributed by atoms with E-state index in [0.717, 1.165) is 36.9 Å². The molecule has 1 aromatic rings. The van der Waals surface area contributed by atoms with Crippen LogP contribution >= 0.6 is 0 Å². The van der Waals surface area contributed by atoms with Crippen LogP contribution in [0.5, 0.6) is 0 Å². The van der Waals surface area contributed by atoms with Crippen LogP contribution in [-0.4, -0.2) is 31.9 Å². The molecule has 2 rings (SSSR count). The number of nitrogens with one attached hydrogen (secondary N) is 1. The normalized spacial score (nSPS) is 23.9. The molecule has 21 heavy (non-hydrogen) atoms. The molecule has 0 spiro atoms. The van der Waals surface area contributed by atoms with Gasteiger partial charge in [0.25, 0.3) is 0 Å². The molecule has 0 bridgehead atoms. The molecule has 0 heterocycles. The quantitative estimate of drug-likeness (QED) is 0.876. The average molecular weight is 294 g/mol. The van der Waals surface area contributed by atoms with Gasteiger partial charge < -0.3 is 15.3 Å². The number of hydrogen-bond acceptors (Lipinski definition) is 3. The lowest BCUT2D eigenvalue weighted by Crippen LogP contribution is -2.36. The predicted molar refractivity (Wildman–Crippen MR) is 85.1 cm³/mol. The Balaban J connectivity index is 2.02. The van der Waals surface area contributed by atoms with Crippen molar-refractivity contribution in [1.29, 1.82) is 0 Å². The molecule has 0 saturated heterocycles. The van der Waals surface area contributed by atoms with Crippen molar-refractivity contribution < 1.29 is 9.50 Å². The van der Waals surface area contributed by atoms with Gasteiger partial charge in [-0.2, -0.15) is 0 Å².